The van der Waals surface area contributed by atoms with E-state index in [1.165, 1.54) is 64.2 Å². The number of hydrogen-bond donors (Lipinski definition) is 0. The van der Waals surface area contributed by atoms with Gasteiger partial charge in [-0.25, -0.2) is 8.78 Å². The second-order valence-corrected chi connectivity index (χ2v) is 10.8. The minimum Gasteiger partial charge on any atom is -0.485 e. The van der Waals surface area contributed by atoms with Gasteiger partial charge in [-0.15, -0.1) is 0 Å². The van der Waals surface area contributed by atoms with Crippen LogP contribution in [0.5, 0.6) is 5.75 Å². The lowest BCUT2D eigenvalue weighted by atomic mass is 9.68. The third-order valence-electron chi connectivity index (χ3n) is 8.30. The first-order chi connectivity index (χ1) is 15.5. The summed E-state index contributed by atoms with van der Waals surface area (Å²) < 4.78 is 35.2. The van der Waals surface area contributed by atoms with E-state index in [4.69, 9.17) is 4.74 Å². The lowest BCUT2D eigenvalue weighted by Crippen LogP contribution is -2.25. The molecule has 2 saturated carbocycles. The summed E-state index contributed by atoms with van der Waals surface area (Å²) in [6, 6.07) is 3.09. The molecular formula is C29H46F2O. The third kappa shape index (κ3) is 7.19. The third-order valence-corrected chi connectivity index (χ3v) is 8.30. The van der Waals surface area contributed by atoms with Gasteiger partial charge in [-0.2, -0.15) is 0 Å². The average molecular weight is 449 g/mol. The van der Waals surface area contributed by atoms with Crippen LogP contribution >= 0.6 is 0 Å². The first-order valence-electron chi connectivity index (χ1n) is 13.7. The molecular weight excluding hydrogens is 402 g/mol. The molecule has 3 rings (SSSR count). The van der Waals surface area contributed by atoms with Crippen LogP contribution in [0, 0.1) is 29.4 Å². The average Bonchev–Trinajstić information content (AvgIpc) is 2.80. The quantitative estimate of drug-likeness (QED) is 0.306. The summed E-state index contributed by atoms with van der Waals surface area (Å²) in [7, 11) is 0. The molecule has 2 fully saturated rings. The van der Waals surface area contributed by atoms with E-state index in [2.05, 4.69) is 13.8 Å². The van der Waals surface area contributed by atoms with Crippen molar-refractivity contribution in [3.05, 3.63) is 29.3 Å². The lowest BCUT2D eigenvalue weighted by molar-refractivity contribution is 0.156. The molecule has 0 N–H and O–H groups in total. The maximum absolute atomic E-state index is 14.8. The van der Waals surface area contributed by atoms with Crippen LogP contribution in [0.25, 0.3) is 0 Å². The van der Waals surface area contributed by atoms with Gasteiger partial charge in [0.05, 0.1) is 6.10 Å². The predicted molar refractivity (Wildman–Crippen MR) is 130 cm³/mol. The van der Waals surface area contributed by atoms with Gasteiger partial charge in [0.15, 0.2) is 17.4 Å². The summed E-state index contributed by atoms with van der Waals surface area (Å²) in [5.41, 5.74) is 0.827. The lowest BCUT2D eigenvalue weighted by Gasteiger charge is -2.38. The minimum atomic E-state index is -0.531. The SMILES string of the molecule is CCCCCCC(C)Oc1c(F)cc(C2CCC(C3CCC(CCC)CC3)CC2)cc1F. The monoisotopic (exact) mass is 448 g/mol. The second-order valence-electron chi connectivity index (χ2n) is 10.8. The number of unbranched alkanes of at least 4 members (excludes halogenated alkanes) is 3. The first kappa shape index (κ1) is 25.5. The van der Waals surface area contributed by atoms with Crippen molar-refractivity contribution in [1.82, 2.24) is 0 Å². The molecule has 1 nitrogen and oxygen atoms in total. The van der Waals surface area contributed by atoms with Crippen molar-refractivity contribution >= 4 is 0 Å². The maximum Gasteiger partial charge on any atom is 0.191 e. The molecule has 32 heavy (non-hydrogen) atoms. The molecule has 3 heteroatoms. The van der Waals surface area contributed by atoms with Crippen LogP contribution in [0.1, 0.15) is 129 Å². The van der Waals surface area contributed by atoms with E-state index in [0.29, 0.717) is 0 Å². The Bertz CT molecular complexity index is 649. The van der Waals surface area contributed by atoms with Gasteiger partial charge in [-0.05, 0) is 99.7 Å². The van der Waals surface area contributed by atoms with E-state index in [0.717, 1.165) is 55.4 Å². The molecule has 1 aromatic rings. The Morgan fingerprint density at radius 3 is 1.97 bits per heavy atom. The summed E-state index contributed by atoms with van der Waals surface area (Å²) in [5, 5.41) is 0. The Labute approximate surface area is 195 Å². The van der Waals surface area contributed by atoms with Gasteiger partial charge >= 0.3 is 0 Å². The highest BCUT2D eigenvalue weighted by atomic mass is 19.1. The molecule has 0 saturated heterocycles. The molecule has 0 heterocycles. The Morgan fingerprint density at radius 1 is 0.812 bits per heavy atom. The molecule has 0 spiro atoms. The van der Waals surface area contributed by atoms with Gasteiger partial charge in [-0.1, -0.05) is 58.8 Å². The summed E-state index contributed by atoms with van der Waals surface area (Å²) in [4.78, 5) is 0. The fourth-order valence-corrected chi connectivity index (χ4v) is 6.33. The summed E-state index contributed by atoms with van der Waals surface area (Å²) in [5.74, 6) is 1.69. The van der Waals surface area contributed by atoms with E-state index < -0.39 is 11.6 Å². The molecule has 2 aliphatic rings. The molecule has 1 unspecified atom stereocenters. The van der Waals surface area contributed by atoms with Crippen LogP contribution in [-0.4, -0.2) is 6.10 Å². The molecule has 0 aliphatic heterocycles. The Hall–Kier alpha value is -1.12. The van der Waals surface area contributed by atoms with Crippen LogP contribution in [0.4, 0.5) is 8.78 Å². The van der Waals surface area contributed by atoms with Crippen molar-refractivity contribution in [2.45, 2.75) is 129 Å². The molecule has 0 amide bonds. The normalized spacial score (nSPS) is 27.3. The highest BCUT2D eigenvalue weighted by Crippen LogP contribution is 2.45. The fourth-order valence-electron chi connectivity index (χ4n) is 6.33. The highest BCUT2D eigenvalue weighted by molar-refractivity contribution is 5.33. The number of halogens is 2. The topological polar surface area (TPSA) is 9.23 Å². The number of ether oxygens (including phenoxy) is 1. The zero-order chi connectivity index (χ0) is 22.9. The Morgan fingerprint density at radius 2 is 1.41 bits per heavy atom. The van der Waals surface area contributed by atoms with Crippen LogP contribution < -0.4 is 4.74 Å². The van der Waals surface area contributed by atoms with Gasteiger partial charge in [0.2, 0.25) is 0 Å². The molecule has 1 aromatic carbocycles. The van der Waals surface area contributed by atoms with Gasteiger partial charge < -0.3 is 4.74 Å². The fraction of sp³-hybridized carbons (Fsp3) is 0.793. The highest BCUT2D eigenvalue weighted by Gasteiger charge is 2.31. The van der Waals surface area contributed by atoms with Crippen molar-refractivity contribution in [1.29, 1.82) is 0 Å². The van der Waals surface area contributed by atoms with Gasteiger partial charge in [0.25, 0.3) is 0 Å². The van der Waals surface area contributed by atoms with Crippen LogP contribution in [0.2, 0.25) is 0 Å². The second kappa shape index (κ2) is 12.9. The van der Waals surface area contributed by atoms with Crippen molar-refractivity contribution in [3.63, 3.8) is 0 Å². The molecule has 0 bridgehead atoms. The van der Waals surface area contributed by atoms with Crippen molar-refractivity contribution < 1.29 is 13.5 Å². The first-order valence-corrected chi connectivity index (χ1v) is 13.7. The zero-order valence-corrected chi connectivity index (χ0v) is 20.8. The zero-order valence-electron chi connectivity index (χ0n) is 20.8. The maximum atomic E-state index is 14.8. The Balaban J connectivity index is 1.49. The summed E-state index contributed by atoms with van der Waals surface area (Å²) in [6.07, 6.45) is 18.1. The molecule has 0 aromatic heterocycles. The standard InChI is InChI=1S/C29H46F2O/c1-4-6-7-8-10-21(3)32-29-27(30)19-26(20-28(29)31)25-17-15-24(16-18-25)23-13-11-22(9-5-2)12-14-23/h19-25H,4-18H2,1-3H3. The van der Waals surface area contributed by atoms with E-state index in [-0.39, 0.29) is 17.8 Å². The molecule has 2 aliphatic carbocycles. The molecule has 1 atom stereocenters. The number of benzene rings is 1. The van der Waals surface area contributed by atoms with Crippen molar-refractivity contribution in [2.24, 2.45) is 17.8 Å². The summed E-state index contributed by atoms with van der Waals surface area (Å²) >= 11 is 0. The van der Waals surface area contributed by atoms with Crippen molar-refractivity contribution in [3.8, 4) is 5.75 Å². The Kier molecular flexibility index (Phi) is 10.3. The summed E-state index contributed by atoms with van der Waals surface area (Å²) in [6.45, 7) is 6.39. The number of hydrogen-bond acceptors (Lipinski definition) is 1. The van der Waals surface area contributed by atoms with E-state index in [1.807, 2.05) is 6.92 Å². The largest absolute Gasteiger partial charge is 0.485 e. The van der Waals surface area contributed by atoms with Gasteiger partial charge in [0.1, 0.15) is 0 Å². The minimum absolute atomic E-state index is 0.162. The van der Waals surface area contributed by atoms with E-state index >= 15 is 0 Å². The van der Waals surface area contributed by atoms with Crippen LogP contribution in [0.3, 0.4) is 0 Å². The number of rotatable bonds is 11. The van der Waals surface area contributed by atoms with E-state index in [9.17, 15) is 8.78 Å². The van der Waals surface area contributed by atoms with Crippen LogP contribution in [0.15, 0.2) is 12.1 Å². The predicted octanol–water partition coefficient (Wildman–Crippen LogP) is 9.58. The van der Waals surface area contributed by atoms with E-state index in [1.54, 1.807) is 12.1 Å². The molecule has 182 valence electrons. The smallest absolute Gasteiger partial charge is 0.191 e. The van der Waals surface area contributed by atoms with Crippen molar-refractivity contribution in [2.75, 3.05) is 0 Å². The van der Waals surface area contributed by atoms with Gasteiger partial charge in [-0.3, -0.25) is 0 Å². The molecule has 0 radical (unpaired) electrons. The van der Waals surface area contributed by atoms with Gasteiger partial charge in [0, 0.05) is 0 Å². The van der Waals surface area contributed by atoms with Crippen LogP contribution in [-0.2, 0) is 0 Å².